The fraction of sp³-hybridized carbons (Fsp3) is 0.375. The molecule has 2 aromatic rings. The first kappa shape index (κ1) is 20.4. The van der Waals surface area contributed by atoms with Crippen molar-refractivity contribution in [2.45, 2.75) is 52.4 Å². The number of rotatable bonds is 11. The fourth-order valence-electron chi connectivity index (χ4n) is 2.79. The van der Waals surface area contributed by atoms with Gasteiger partial charge >= 0.3 is 0 Å². The largest absolute Gasteiger partial charge is 0.494 e. The van der Waals surface area contributed by atoms with Crippen LogP contribution in [0.4, 0.5) is 0 Å². The summed E-state index contributed by atoms with van der Waals surface area (Å²) in [6, 6.07) is 16.8. The maximum atomic E-state index is 5.78. The highest BCUT2D eigenvalue weighted by molar-refractivity contribution is 7.81. The smallest absolute Gasteiger partial charge is 0.119 e. The first-order valence-electron chi connectivity index (χ1n) is 9.77. The van der Waals surface area contributed by atoms with Crippen molar-refractivity contribution >= 4 is 23.2 Å². The second-order valence-electron chi connectivity index (χ2n) is 6.62. The lowest BCUT2D eigenvalue weighted by Crippen LogP contribution is -1.97. The number of hydrogen-bond donors (Lipinski definition) is 0. The summed E-state index contributed by atoms with van der Waals surface area (Å²) >= 11 is 5.53. The summed E-state index contributed by atoms with van der Waals surface area (Å²) in [6.45, 7) is 5.22. The van der Waals surface area contributed by atoms with Gasteiger partial charge in [0.1, 0.15) is 5.75 Å². The molecule has 0 radical (unpaired) electrons. The van der Waals surface area contributed by atoms with Crippen LogP contribution in [0.25, 0.3) is 6.08 Å². The molecule has 0 aliphatic carbocycles. The van der Waals surface area contributed by atoms with Crippen molar-refractivity contribution < 1.29 is 4.74 Å². The average molecular weight is 367 g/mol. The minimum Gasteiger partial charge on any atom is -0.494 e. The van der Waals surface area contributed by atoms with Crippen molar-refractivity contribution in [3.05, 3.63) is 71.3 Å². The Morgan fingerprint density at radius 1 is 0.885 bits per heavy atom. The SMILES string of the molecule is CCCCCCOc1ccc(C=CC(=S)c2ccc(CCC)cc2)cc1. The molecule has 2 aromatic carbocycles. The molecule has 0 unspecified atom stereocenters. The highest BCUT2D eigenvalue weighted by atomic mass is 32.1. The quantitative estimate of drug-likeness (QED) is 0.183. The number of hydrogen-bond acceptors (Lipinski definition) is 2. The predicted octanol–water partition coefficient (Wildman–Crippen LogP) is 7.03. The molecule has 26 heavy (non-hydrogen) atoms. The van der Waals surface area contributed by atoms with Gasteiger partial charge in [-0.3, -0.25) is 0 Å². The number of aryl methyl sites for hydroxylation is 1. The van der Waals surface area contributed by atoms with Crippen molar-refractivity contribution in [2.75, 3.05) is 6.61 Å². The van der Waals surface area contributed by atoms with E-state index in [1.54, 1.807) is 0 Å². The van der Waals surface area contributed by atoms with E-state index in [4.69, 9.17) is 17.0 Å². The molecular weight excluding hydrogens is 336 g/mol. The van der Waals surface area contributed by atoms with Gasteiger partial charge in [0, 0.05) is 4.86 Å². The van der Waals surface area contributed by atoms with Crippen LogP contribution in [0.15, 0.2) is 54.6 Å². The molecule has 0 aliphatic rings. The van der Waals surface area contributed by atoms with Crippen LogP contribution in [0.5, 0.6) is 5.75 Å². The minimum atomic E-state index is 0.799. The Hall–Kier alpha value is -1.93. The van der Waals surface area contributed by atoms with Crippen LogP contribution in [0, 0.1) is 0 Å². The summed E-state index contributed by atoms with van der Waals surface area (Å²) in [5.74, 6) is 0.938. The molecule has 0 aromatic heterocycles. The van der Waals surface area contributed by atoms with E-state index in [0.29, 0.717) is 0 Å². The lowest BCUT2D eigenvalue weighted by atomic mass is 10.1. The average Bonchev–Trinajstić information content (AvgIpc) is 2.68. The first-order chi connectivity index (χ1) is 12.7. The zero-order valence-electron chi connectivity index (χ0n) is 16.0. The number of benzene rings is 2. The van der Waals surface area contributed by atoms with Crippen molar-refractivity contribution in [2.24, 2.45) is 0 Å². The molecule has 0 fully saturated rings. The zero-order valence-corrected chi connectivity index (χ0v) is 16.9. The molecule has 0 heterocycles. The molecule has 0 bridgehead atoms. The van der Waals surface area contributed by atoms with Gasteiger partial charge in [-0.05, 0) is 47.7 Å². The summed E-state index contributed by atoms with van der Waals surface area (Å²) in [6.07, 6.45) is 11.3. The molecule has 138 valence electrons. The normalized spacial score (nSPS) is 11.0. The van der Waals surface area contributed by atoms with Crippen molar-refractivity contribution in [3.8, 4) is 5.75 Å². The Morgan fingerprint density at radius 3 is 2.27 bits per heavy atom. The maximum absolute atomic E-state index is 5.78. The van der Waals surface area contributed by atoms with E-state index in [0.717, 1.165) is 41.2 Å². The van der Waals surface area contributed by atoms with Gasteiger partial charge in [0.2, 0.25) is 0 Å². The van der Waals surface area contributed by atoms with E-state index in [1.807, 2.05) is 18.2 Å². The van der Waals surface area contributed by atoms with E-state index < -0.39 is 0 Å². The highest BCUT2D eigenvalue weighted by Gasteiger charge is 1.99. The molecule has 2 heteroatoms. The summed E-state index contributed by atoms with van der Waals surface area (Å²) in [4.78, 5) is 0.865. The Morgan fingerprint density at radius 2 is 1.62 bits per heavy atom. The number of unbranched alkanes of at least 4 members (excludes halogenated alkanes) is 3. The van der Waals surface area contributed by atoms with Gasteiger partial charge in [-0.25, -0.2) is 0 Å². The molecule has 2 rings (SSSR count). The summed E-state index contributed by atoms with van der Waals surface area (Å²) in [5, 5.41) is 0. The Balaban J connectivity index is 1.84. The van der Waals surface area contributed by atoms with E-state index in [-0.39, 0.29) is 0 Å². The summed E-state index contributed by atoms with van der Waals surface area (Å²) in [7, 11) is 0. The van der Waals surface area contributed by atoms with Gasteiger partial charge in [0.15, 0.2) is 0 Å². The third-order valence-electron chi connectivity index (χ3n) is 4.35. The molecule has 0 aliphatic heterocycles. The van der Waals surface area contributed by atoms with Gasteiger partial charge in [-0.2, -0.15) is 0 Å². The molecule has 0 saturated heterocycles. The Bertz CT molecular complexity index is 683. The molecule has 0 atom stereocenters. The fourth-order valence-corrected chi connectivity index (χ4v) is 2.99. The van der Waals surface area contributed by atoms with E-state index >= 15 is 0 Å². The van der Waals surface area contributed by atoms with Crippen LogP contribution < -0.4 is 4.74 Å². The van der Waals surface area contributed by atoms with Gasteiger partial charge in [-0.15, -0.1) is 0 Å². The second kappa shape index (κ2) is 11.6. The number of allylic oxidation sites excluding steroid dienone is 1. The lowest BCUT2D eigenvalue weighted by Gasteiger charge is -2.06. The molecule has 0 amide bonds. The van der Waals surface area contributed by atoms with Crippen LogP contribution in [0.3, 0.4) is 0 Å². The van der Waals surface area contributed by atoms with Gasteiger partial charge in [-0.1, -0.05) is 94.2 Å². The van der Waals surface area contributed by atoms with Gasteiger partial charge in [0.05, 0.1) is 6.61 Å². The third kappa shape index (κ3) is 7.13. The van der Waals surface area contributed by atoms with Crippen molar-refractivity contribution in [1.82, 2.24) is 0 Å². The Labute approximate surface area is 164 Å². The van der Waals surface area contributed by atoms with Crippen LogP contribution in [-0.2, 0) is 6.42 Å². The van der Waals surface area contributed by atoms with Crippen LogP contribution in [-0.4, -0.2) is 11.5 Å². The maximum Gasteiger partial charge on any atom is 0.119 e. The summed E-state index contributed by atoms with van der Waals surface area (Å²) < 4.78 is 5.78. The lowest BCUT2D eigenvalue weighted by molar-refractivity contribution is 0.305. The van der Waals surface area contributed by atoms with Crippen molar-refractivity contribution in [3.63, 3.8) is 0 Å². The van der Waals surface area contributed by atoms with E-state index in [1.165, 1.54) is 31.2 Å². The highest BCUT2D eigenvalue weighted by Crippen LogP contribution is 2.15. The zero-order chi connectivity index (χ0) is 18.6. The summed E-state index contributed by atoms with van der Waals surface area (Å²) in [5.41, 5.74) is 3.60. The number of ether oxygens (including phenoxy) is 1. The molecular formula is C24H30OS. The number of thiocarbonyl (C=S) groups is 1. The van der Waals surface area contributed by atoms with E-state index in [2.05, 4.69) is 56.3 Å². The first-order valence-corrected chi connectivity index (χ1v) is 10.2. The van der Waals surface area contributed by atoms with E-state index in [9.17, 15) is 0 Å². The molecule has 0 N–H and O–H groups in total. The second-order valence-corrected chi connectivity index (χ2v) is 7.06. The molecule has 0 saturated carbocycles. The minimum absolute atomic E-state index is 0.799. The van der Waals surface area contributed by atoms with Gasteiger partial charge < -0.3 is 4.74 Å². The third-order valence-corrected chi connectivity index (χ3v) is 4.72. The predicted molar refractivity (Wildman–Crippen MR) is 117 cm³/mol. The van der Waals surface area contributed by atoms with Gasteiger partial charge in [0.25, 0.3) is 0 Å². The standard InChI is InChI=1S/C24H30OS/c1-3-5-6-7-19-25-23-16-11-21(12-17-23)13-18-24(26)22-14-9-20(8-4-2)10-15-22/h9-18H,3-8,19H2,1-2H3. The Kier molecular flexibility index (Phi) is 9.13. The van der Waals surface area contributed by atoms with Crippen LogP contribution in [0.1, 0.15) is 62.6 Å². The monoisotopic (exact) mass is 366 g/mol. The van der Waals surface area contributed by atoms with Crippen molar-refractivity contribution in [1.29, 1.82) is 0 Å². The molecule has 1 nitrogen and oxygen atoms in total. The molecule has 0 spiro atoms. The van der Waals surface area contributed by atoms with Crippen LogP contribution in [0.2, 0.25) is 0 Å². The topological polar surface area (TPSA) is 9.23 Å². The van der Waals surface area contributed by atoms with Crippen LogP contribution >= 0.6 is 12.2 Å².